The second kappa shape index (κ2) is 18.5. The normalized spacial score (nSPS) is 18.8. The third kappa shape index (κ3) is 9.14. The van der Waals surface area contributed by atoms with Gasteiger partial charge in [0, 0.05) is 57.1 Å². The number of piperidine rings is 3. The Labute approximate surface area is 363 Å². The topological polar surface area (TPSA) is 181 Å². The Kier molecular flexibility index (Phi) is 12.7. The number of halogens is 1. The fraction of sp³-hybridized carbons (Fsp3) is 0.395. The number of carbonyl (C=O) groups is 4. The van der Waals surface area contributed by atoms with Crippen molar-refractivity contribution >= 4 is 87.3 Å². The minimum Gasteiger partial charge on any atom is -0.494 e. The molecule has 0 bridgehead atoms. The first-order valence-corrected chi connectivity index (χ1v) is 21.7. The second-order valence-electron chi connectivity index (χ2n) is 15.9. The molecule has 0 aliphatic carbocycles. The Hall–Kier alpha value is -5.78. The maximum atomic E-state index is 13.5. The summed E-state index contributed by atoms with van der Waals surface area (Å²) in [5.74, 6) is 0.422. The van der Waals surface area contributed by atoms with Crippen molar-refractivity contribution in [3.05, 3.63) is 83.0 Å². The quantitative estimate of drug-likeness (QED) is 0.0808. The van der Waals surface area contributed by atoms with Crippen molar-refractivity contribution in [3.63, 3.8) is 0 Å². The van der Waals surface area contributed by atoms with E-state index in [0.29, 0.717) is 69.2 Å². The molecule has 16 nitrogen and oxygen atoms in total. The summed E-state index contributed by atoms with van der Waals surface area (Å²) in [6, 6.07) is 17.7. The third-order valence-electron chi connectivity index (χ3n) is 12.1. The molecule has 3 saturated heterocycles. The molecule has 4 aromatic rings. The van der Waals surface area contributed by atoms with Crippen LogP contribution in [0.1, 0.15) is 59.2 Å². The Bertz CT molecular complexity index is 2340. The number of aromatic nitrogens is 2. The van der Waals surface area contributed by atoms with Gasteiger partial charge in [-0.25, -0.2) is 9.19 Å². The van der Waals surface area contributed by atoms with Crippen LogP contribution in [-0.2, 0) is 21.4 Å². The number of fused-ring (bicyclic) bond motifs is 1. The Morgan fingerprint density at radius 1 is 0.885 bits per heavy atom. The molecule has 3 fully saturated rings. The SMILES string of the molecule is COc1cc(N2CCC(CN3CCC(CNc4cccc5c4C(=O)N(C4CCC(=O)NC4=O)C5=O)CC3)CC2)ccc1Nc1ncc(Cl)c(Nc2ccccc2N(C)[SH]=O)n1. The maximum absolute atomic E-state index is 13.5. The number of amides is 4. The molecular weight excluding hydrogens is 820 g/mol. The van der Waals surface area contributed by atoms with Gasteiger partial charge in [-0.2, -0.15) is 4.98 Å². The number of benzene rings is 3. The first-order valence-electron chi connectivity index (χ1n) is 20.6. The van der Waals surface area contributed by atoms with Crippen molar-refractivity contribution in [2.24, 2.45) is 11.8 Å². The van der Waals surface area contributed by atoms with Gasteiger partial charge in [-0.1, -0.05) is 29.8 Å². The Morgan fingerprint density at radius 3 is 2.39 bits per heavy atom. The lowest BCUT2D eigenvalue weighted by molar-refractivity contribution is -0.136. The van der Waals surface area contributed by atoms with Crippen LogP contribution < -0.4 is 35.2 Å². The number of nitrogens with one attached hydrogen (secondary N) is 4. The monoisotopic (exact) mass is 868 g/mol. The molecule has 0 radical (unpaired) electrons. The third-order valence-corrected chi connectivity index (χ3v) is 12.8. The molecule has 4 aliphatic rings. The Balaban J connectivity index is 0.803. The van der Waals surface area contributed by atoms with E-state index in [1.165, 1.54) is 6.20 Å². The molecular formula is C43H49ClN10O6S. The van der Waals surface area contributed by atoms with Crippen molar-refractivity contribution in [1.29, 1.82) is 0 Å². The van der Waals surface area contributed by atoms with Crippen LogP contribution in [-0.4, -0.2) is 107 Å². The number of nitrogens with zero attached hydrogens (tertiary/aromatic N) is 6. The molecule has 1 atom stereocenters. The molecule has 3 aromatic carbocycles. The van der Waals surface area contributed by atoms with Crippen molar-refractivity contribution in [2.45, 2.75) is 44.6 Å². The fourth-order valence-electron chi connectivity index (χ4n) is 8.68. The molecule has 4 aliphatic heterocycles. The summed E-state index contributed by atoms with van der Waals surface area (Å²) in [7, 11) is 3.36. The van der Waals surface area contributed by atoms with E-state index in [2.05, 4.69) is 47.1 Å². The molecule has 0 spiro atoms. The molecule has 1 unspecified atom stereocenters. The van der Waals surface area contributed by atoms with Crippen molar-refractivity contribution in [3.8, 4) is 5.75 Å². The highest BCUT2D eigenvalue weighted by Gasteiger charge is 2.45. The molecule has 1 aromatic heterocycles. The molecule has 0 saturated carbocycles. The summed E-state index contributed by atoms with van der Waals surface area (Å²) in [6.45, 7) is 5.66. The first-order chi connectivity index (χ1) is 29.6. The summed E-state index contributed by atoms with van der Waals surface area (Å²) < 4.78 is 18.9. The van der Waals surface area contributed by atoms with Crippen molar-refractivity contribution in [1.82, 2.24) is 25.1 Å². The number of hydrogen-bond acceptors (Lipinski definition) is 13. The van der Waals surface area contributed by atoms with Crippen molar-refractivity contribution in [2.75, 3.05) is 78.6 Å². The molecule has 320 valence electrons. The van der Waals surface area contributed by atoms with Crippen LogP contribution in [0.25, 0.3) is 0 Å². The Morgan fingerprint density at radius 2 is 1.64 bits per heavy atom. The zero-order valence-corrected chi connectivity index (χ0v) is 35.7. The number of imide groups is 2. The molecule has 18 heteroatoms. The smallest absolute Gasteiger partial charge is 0.264 e. The van der Waals surface area contributed by atoms with Crippen LogP contribution >= 0.6 is 11.6 Å². The van der Waals surface area contributed by atoms with Crippen LogP contribution in [0.4, 0.5) is 40.2 Å². The number of ether oxygens (including phenoxy) is 1. The van der Waals surface area contributed by atoms with Gasteiger partial charge < -0.3 is 30.5 Å². The molecule has 61 heavy (non-hydrogen) atoms. The summed E-state index contributed by atoms with van der Waals surface area (Å²) in [4.78, 5) is 65.9. The van der Waals surface area contributed by atoms with Gasteiger partial charge in [-0.05, 0) is 93.4 Å². The summed E-state index contributed by atoms with van der Waals surface area (Å²) >= 11 is 6.33. The highest BCUT2D eigenvalue weighted by molar-refractivity contribution is 7.67. The van der Waals surface area contributed by atoms with Gasteiger partial charge in [0.2, 0.25) is 17.8 Å². The predicted octanol–water partition coefficient (Wildman–Crippen LogP) is 5.36. The molecule has 4 amide bonds. The number of likely N-dealkylation sites (tertiary alicyclic amines) is 1. The van der Waals surface area contributed by atoms with E-state index >= 15 is 0 Å². The lowest BCUT2D eigenvalue weighted by Crippen LogP contribution is -2.54. The van der Waals surface area contributed by atoms with E-state index in [1.54, 1.807) is 30.6 Å². The lowest BCUT2D eigenvalue weighted by atomic mass is 9.92. The van der Waals surface area contributed by atoms with E-state index in [9.17, 15) is 23.4 Å². The van der Waals surface area contributed by atoms with Crippen LogP contribution in [0.3, 0.4) is 0 Å². The lowest BCUT2D eigenvalue weighted by Gasteiger charge is -2.38. The van der Waals surface area contributed by atoms with E-state index in [0.717, 1.165) is 69.0 Å². The maximum Gasteiger partial charge on any atom is 0.264 e. The number of rotatable bonds is 14. The van der Waals surface area contributed by atoms with Crippen LogP contribution in [0.5, 0.6) is 5.75 Å². The summed E-state index contributed by atoms with van der Waals surface area (Å²) in [5, 5.41) is 12.5. The fourth-order valence-corrected chi connectivity index (χ4v) is 9.08. The number of thiol groups is 1. The minimum absolute atomic E-state index is 0.0859. The van der Waals surface area contributed by atoms with Gasteiger partial charge in [0.05, 0.1) is 41.5 Å². The van der Waals surface area contributed by atoms with E-state index in [4.69, 9.17) is 16.3 Å². The zero-order valence-electron chi connectivity index (χ0n) is 34.0. The largest absolute Gasteiger partial charge is 0.494 e. The average molecular weight is 869 g/mol. The van der Waals surface area contributed by atoms with E-state index < -0.39 is 29.7 Å². The van der Waals surface area contributed by atoms with Gasteiger partial charge in [-0.15, -0.1) is 0 Å². The van der Waals surface area contributed by atoms with Gasteiger partial charge in [0.1, 0.15) is 28.7 Å². The van der Waals surface area contributed by atoms with E-state index in [-0.39, 0.29) is 30.3 Å². The van der Waals surface area contributed by atoms with Gasteiger partial charge in [-0.3, -0.25) is 33.7 Å². The standard InChI is InChI=1S/C43H49ClN10O6S/c1-51(61-59)34-9-4-3-7-31(34)47-39-30(44)24-46-43(50-39)48-32-11-10-28(22-36(32)60-2)53-20-16-27(17-21-53)25-52-18-14-26(15-19-52)23-45-33-8-5-6-29-38(33)42(58)54(41(29)57)35-12-13-37(55)49-40(35)56/h3-11,22,24,26-27,35,45,61H,12-21,23,25H2,1-2H3,(H,49,55,56)(H2,46,47,48,50). The van der Waals surface area contributed by atoms with E-state index in [1.807, 2.05) is 42.5 Å². The second-order valence-corrected chi connectivity index (χ2v) is 17.0. The van der Waals surface area contributed by atoms with Crippen LogP contribution in [0.2, 0.25) is 5.02 Å². The van der Waals surface area contributed by atoms with Crippen molar-refractivity contribution < 1.29 is 28.1 Å². The minimum atomic E-state index is -0.987. The molecule has 8 rings (SSSR count). The number of para-hydroxylation sites is 2. The van der Waals surface area contributed by atoms with Crippen LogP contribution in [0.15, 0.2) is 66.9 Å². The highest BCUT2D eigenvalue weighted by Crippen LogP contribution is 2.36. The van der Waals surface area contributed by atoms with Gasteiger partial charge >= 0.3 is 0 Å². The molecule has 4 N–H and O–H groups in total. The van der Waals surface area contributed by atoms with Gasteiger partial charge in [0.25, 0.3) is 11.8 Å². The predicted molar refractivity (Wildman–Crippen MR) is 237 cm³/mol. The first kappa shape index (κ1) is 41.9. The summed E-state index contributed by atoms with van der Waals surface area (Å²) in [5.41, 5.74) is 4.39. The summed E-state index contributed by atoms with van der Waals surface area (Å²) in [6.07, 6.45) is 5.98. The number of anilines is 7. The van der Waals surface area contributed by atoms with Crippen LogP contribution in [0, 0.1) is 11.8 Å². The highest BCUT2D eigenvalue weighted by atomic mass is 35.5. The number of carbonyl (C=O) groups excluding carboxylic acids is 4. The number of methoxy groups -OCH3 is 1. The van der Waals surface area contributed by atoms with Gasteiger partial charge in [0.15, 0.2) is 5.82 Å². The molecule has 5 heterocycles. The average Bonchev–Trinajstić information content (AvgIpc) is 3.53. The number of hydrogen-bond donors (Lipinski definition) is 5. The zero-order chi connectivity index (χ0) is 42.6.